The second-order valence-electron chi connectivity index (χ2n) is 7.62. The fourth-order valence-electron chi connectivity index (χ4n) is 3.98. The van der Waals surface area contributed by atoms with Crippen molar-refractivity contribution in [3.05, 3.63) is 95.6 Å². The van der Waals surface area contributed by atoms with Gasteiger partial charge in [0, 0.05) is 29.1 Å². The van der Waals surface area contributed by atoms with Crippen molar-refractivity contribution < 1.29 is 9.59 Å². The Labute approximate surface area is 181 Å². The molecule has 2 amide bonds. The quantitative estimate of drug-likeness (QED) is 0.614. The predicted molar refractivity (Wildman–Crippen MR) is 122 cm³/mol. The zero-order valence-electron chi connectivity index (χ0n) is 17.1. The van der Waals surface area contributed by atoms with Crippen molar-refractivity contribution in [1.29, 1.82) is 0 Å². The number of fused-ring (bicyclic) bond motifs is 1. The molecule has 1 aliphatic rings. The maximum absolute atomic E-state index is 13.6. The van der Waals surface area contributed by atoms with Gasteiger partial charge >= 0.3 is 0 Å². The van der Waals surface area contributed by atoms with Crippen LogP contribution in [0.3, 0.4) is 0 Å². The summed E-state index contributed by atoms with van der Waals surface area (Å²) in [5.41, 5.74) is 2.28. The topological polar surface area (TPSA) is 49.4 Å². The fourth-order valence-corrected chi connectivity index (χ4v) is 4.43. The molecule has 0 aliphatic carbocycles. The Morgan fingerprint density at radius 2 is 1.77 bits per heavy atom. The van der Waals surface area contributed by atoms with E-state index in [1.165, 1.54) is 0 Å². The number of benzene rings is 3. The molecule has 0 saturated heterocycles. The highest BCUT2D eigenvalue weighted by Gasteiger charge is 2.47. The van der Waals surface area contributed by atoms with Gasteiger partial charge in [-0.15, -0.1) is 11.8 Å². The second-order valence-corrected chi connectivity index (χ2v) is 8.50. The molecule has 1 heterocycles. The first kappa shape index (κ1) is 20.2. The third kappa shape index (κ3) is 3.73. The van der Waals surface area contributed by atoms with Crippen LogP contribution < -0.4 is 10.2 Å². The van der Waals surface area contributed by atoms with Crippen LogP contribution >= 0.6 is 11.8 Å². The molecule has 0 fully saturated rings. The molecule has 3 aromatic rings. The Morgan fingerprint density at radius 3 is 2.53 bits per heavy atom. The van der Waals surface area contributed by atoms with Crippen molar-refractivity contribution in [2.75, 3.05) is 11.2 Å². The van der Waals surface area contributed by atoms with Crippen molar-refractivity contribution in [2.45, 2.75) is 30.3 Å². The van der Waals surface area contributed by atoms with E-state index in [9.17, 15) is 9.59 Å². The summed E-state index contributed by atoms with van der Waals surface area (Å²) in [7, 11) is 0. The lowest BCUT2D eigenvalue weighted by Crippen LogP contribution is -2.63. The van der Waals surface area contributed by atoms with E-state index in [0.717, 1.165) is 21.7 Å². The Morgan fingerprint density at radius 1 is 1.03 bits per heavy atom. The van der Waals surface area contributed by atoms with E-state index in [1.807, 2.05) is 92.0 Å². The minimum Gasteiger partial charge on any atom is -0.350 e. The van der Waals surface area contributed by atoms with Crippen LogP contribution in [0.4, 0.5) is 5.69 Å². The van der Waals surface area contributed by atoms with Gasteiger partial charge in [-0.1, -0.05) is 54.6 Å². The molecule has 0 unspecified atom stereocenters. The van der Waals surface area contributed by atoms with E-state index in [1.54, 1.807) is 16.7 Å². The Bertz CT molecular complexity index is 1080. The van der Waals surface area contributed by atoms with Gasteiger partial charge in [-0.25, -0.2) is 0 Å². The minimum absolute atomic E-state index is 0.146. The van der Waals surface area contributed by atoms with Crippen LogP contribution in [0, 0.1) is 0 Å². The molecule has 0 bridgehead atoms. The van der Waals surface area contributed by atoms with E-state index in [0.29, 0.717) is 18.5 Å². The summed E-state index contributed by atoms with van der Waals surface area (Å²) in [6, 6.07) is 25.2. The van der Waals surface area contributed by atoms with Crippen molar-refractivity contribution in [2.24, 2.45) is 0 Å². The van der Waals surface area contributed by atoms with Gasteiger partial charge < -0.3 is 5.32 Å². The standard InChI is InChI=1S/C25H24N2O2S/c1-25(24(29)26-17-18-9-4-3-5-10-18)16-19-11-6-7-14-22(19)23(28)27(25)20-12-8-13-21(15-20)30-2/h3-15H,16-17H2,1-2H3,(H,26,29)/t25-/m0/s1. The lowest BCUT2D eigenvalue weighted by Gasteiger charge is -2.44. The number of thioether (sulfide) groups is 1. The number of amides is 2. The molecule has 1 N–H and O–H groups in total. The van der Waals surface area contributed by atoms with Gasteiger partial charge in [0.15, 0.2) is 0 Å². The average molecular weight is 417 g/mol. The highest BCUT2D eigenvalue weighted by Crippen LogP contribution is 2.36. The number of hydrogen-bond donors (Lipinski definition) is 1. The first-order chi connectivity index (χ1) is 14.5. The van der Waals surface area contributed by atoms with E-state index in [-0.39, 0.29) is 11.8 Å². The summed E-state index contributed by atoms with van der Waals surface area (Å²) in [5, 5.41) is 3.05. The van der Waals surface area contributed by atoms with Gasteiger partial charge in [-0.05, 0) is 48.6 Å². The molecule has 4 rings (SSSR count). The number of anilines is 1. The van der Waals surface area contributed by atoms with Crippen molar-refractivity contribution in [1.82, 2.24) is 5.32 Å². The van der Waals surface area contributed by atoms with Gasteiger partial charge in [0.2, 0.25) is 5.91 Å². The number of carbonyl (C=O) groups excluding carboxylic acids is 2. The molecule has 0 aromatic heterocycles. The second kappa shape index (κ2) is 8.36. The van der Waals surface area contributed by atoms with Gasteiger partial charge in [0.05, 0.1) is 0 Å². The molecule has 4 nitrogen and oxygen atoms in total. The minimum atomic E-state index is -1.03. The van der Waals surface area contributed by atoms with Crippen LogP contribution in [0.15, 0.2) is 83.8 Å². The first-order valence-electron chi connectivity index (χ1n) is 9.92. The van der Waals surface area contributed by atoms with E-state index in [4.69, 9.17) is 0 Å². The third-order valence-electron chi connectivity index (χ3n) is 5.58. The smallest absolute Gasteiger partial charge is 0.259 e. The Hall–Kier alpha value is -3.05. The largest absolute Gasteiger partial charge is 0.350 e. The number of carbonyl (C=O) groups is 2. The van der Waals surface area contributed by atoms with Gasteiger partial charge in [-0.2, -0.15) is 0 Å². The monoisotopic (exact) mass is 416 g/mol. The zero-order chi connectivity index (χ0) is 21.1. The summed E-state index contributed by atoms with van der Waals surface area (Å²) in [4.78, 5) is 29.7. The van der Waals surface area contributed by atoms with Gasteiger partial charge in [0.1, 0.15) is 5.54 Å². The highest BCUT2D eigenvalue weighted by atomic mass is 32.2. The maximum Gasteiger partial charge on any atom is 0.259 e. The van der Waals surface area contributed by atoms with Crippen LogP contribution in [0.1, 0.15) is 28.4 Å². The molecule has 0 radical (unpaired) electrons. The number of nitrogens with zero attached hydrogens (tertiary/aromatic N) is 1. The van der Waals surface area contributed by atoms with Crippen molar-refractivity contribution >= 4 is 29.3 Å². The summed E-state index contributed by atoms with van der Waals surface area (Å²) in [6.07, 6.45) is 2.46. The molecule has 0 spiro atoms. The van der Waals surface area contributed by atoms with E-state index >= 15 is 0 Å². The average Bonchev–Trinajstić information content (AvgIpc) is 2.78. The van der Waals surface area contributed by atoms with Crippen molar-refractivity contribution in [3.63, 3.8) is 0 Å². The number of nitrogens with one attached hydrogen (secondary N) is 1. The molecule has 30 heavy (non-hydrogen) atoms. The molecular weight excluding hydrogens is 392 g/mol. The van der Waals surface area contributed by atoms with E-state index in [2.05, 4.69) is 5.32 Å². The van der Waals surface area contributed by atoms with Crippen LogP contribution in [0.25, 0.3) is 0 Å². The van der Waals surface area contributed by atoms with Crippen LogP contribution in [0.2, 0.25) is 0 Å². The van der Waals surface area contributed by atoms with Crippen LogP contribution in [-0.2, 0) is 17.8 Å². The molecule has 0 saturated carbocycles. The van der Waals surface area contributed by atoms with Gasteiger partial charge in [-0.3, -0.25) is 14.5 Å². The molecular formula is C25H24N2O2S. The highest BCUT2D eigenvalue weighted by molar-refractivity contribution is 7.98. The van der Waals surface area contributed by atoms with Crippen LogP contribution in [0.5, 0.6) is 0 Å². The van der Waals surface area contributed by atoms with Crippen molar-refractivity contribution in [3.8, 4) is 0 Å². The number of hydrogen-bond acceptors (Lipinski definition) is 3. The molecule has 1 aliphatic heterocycles. The predicted octanol–water partition coefficient (Wildman–Crippen LogP) is 4.69. The Balaban J connectivity index is 1.73. The Kier molecular flexibility index (Phi) is 5.64. The normalized spacial score (nSPS) is 18.1. The summed E-state index contributed by atoms with van der Waals surface area (Å²) >= 11 is 1.61. The summed E-state index contributed by atoms with van der Waals surface area (Å²) in [5.74, 6) is -0.309. The molecule has 5 heteroatoms. The lowest BCUT2D eigenvalue weighted by atomic mass is 9.82. The summed E-state index contributed by atoms with van der Waals surface area (Å²) < 4.78 is 0. The summed E-state index contributed by atoms with van der Waals surface area (Å²) in [6.45, 7) is 2.27. The molecule has 152 valence electrons. The molecule has 1 atom stereocenters. The van der Waals surface area contributed by atoms with E-state index < -0.39 is 5.54 Å². The van der Waals surface area contributed by atoms with Crippen LogP contribution in [-0.4, -0.2) is 23.6 Å². The van der Waals surface area contributed by atoms with Gasteiger partial charge in [0.25, 0.3) is 5.91 Å². The maximum atomic E-state index is 13.6. The fraction of sp³-hybridized carbons (Fsp3) is 0.200. The SMILES string of the molecule is CSc1cccc(N2C(=O)c3ccccc3C[C@@]2(C)C(=O)NCc2ccccc2)c1. The third-order valence-corrected chi connectivity index (χ3v) is 6.30. The molecule has 3 aromatic carbocycles. The zero-order valence-corrected chi connectivity index (χ0v) is 17.9. The lowest BCUT2D eigenvalue weighted by molar-refractivity contribution is -0.126. The number of rotatable bonds is 5. The first-order valence-corrected chi connectivity index (χ1v) is 11.1.